The van der Waals surface area contributed by atoms with Crippen LogP contribution >= 0.6 is 0 Å². The summed E-state index contributed by atoms with van der Waals surface area (Å²) < 4.78 is 11.1. The van der Waals surface area contributed by atoms with Gasteiger partial charge in [-0.05, 0) is 26.3 Å². The van der Waals surface area contributed by atoms with E-state index in [9.17, 15) is 0 Å². The van der Waals surface area contributed by atoms with E-state index in [-0.39, 0.29) is 11.5 Å². The molecule has 1 N–H and O–H groups in total. The lowest BCUT2D eigenvalue weighted by atomic mass is 9.64. The van der Waals surface area contributed by atoms with Crippen molar-refractivity contribution in [2.75, 3.05) is 20.3 Å². The second-order valence-corrected chi connectivity index (χ2v) is 5.45. The Hall–Kier alpha value is -0.120. The van der Waals surface area contributed by atoms with Gasteiger partial charge in [0.2, 0.25) is 0 Å². The fourth-order valence-electron chi connectivity index (χ4n) is 2.34. The zero-order valence-electron chi connectivity index (χ0n) is 11.4. The van der Waals surface area contributed by atoms with Gasteiger partial charge in [-0.25, -0.2) is 0 Å². The normalized spacial score (nSPS) is 29.8. The summed E-state index contributed by atoms with van der Waals surface area (Å²) >= 11 is 0. The third kappa shape index (κ3) is 3.19. The maximum Gasteiger partial charge on any atom is 0.0784 e. The smallest absolute Gasteiger partial charge is 0.0784 e. The summed E-state index contributed by atoms with van der Waals surface area (Å²) in [6.07, 6.45) is 2.88. The van der Waals surface area contributed by atoms with Crippen molar-refractivity contribution in [1.82, 2.24) is 5.32 Å². The van der Waals surface area contributed by atoms with Crippen molar-refractivity contribution in [3.8, 4) is 0 Å². The molecule has 1 aliphatic rings. The summed E-state index contributed by atoms with van der Waals surface area (Å²) in [4.78, 5) is 0. The van der Waals surface area contributed by atoms with Crippen molar-refractivity contribution in [1.29, 1.82) is 0 Å². The molecule has 0 amide bonds. The molecular formula is C13H27NO2. The molecule has 16 heavy (non-hydrogen) atoms. The lowest BCUT2D eigenvalue weighted by Crippen LogP contribution is -2.61. The van der Waals surface area contributed by atoms with Crippen LogP contribution < -0.4 is 5.32 Å². The zero-order chi connectivity index (χ0) is 12.2. The van der Waals surface area contributed by atoms with Crippen molar-refractivity contribution >= 4 is 0 Å². The Kier molecular flexibility index (Phi) is 5.22. The van der Waals surface area contributed by atoms with Crippen molar-refractivity contribution < 1.29 is 9.47 Å². The van der Waals surface area contributed by atoms with Gasteiger partial charge < -0.3 is 14.8 Å². The van der Waals surface area contributed by atoms with Gasteiger partial charge in [0.15, 0.2) is 0 Å². The number of hydrogen-bond acceptors (Lipinski definition) is 3. The minimum absolute atomic E-state index is 0.196. The molecule has 1 fully saturated rings. The minimum atomic E-state index is 0.196. The zero-order valence-corrected chi connectivity index (χ0v) is 11.4. The molecule has 96 valence electrons. The van der Waals surface area contributed by atoms with Crippen molar-refractivity contribution in [2.45, 2.75) is 58.8 Å². The van der Waals surface area contributed by atoms with Gasteiger partial charge in [-0.3, -0.25) is 0 Å². The van der Waals surface area contributed by atoms with Crippen LogP contribution in [0.4, 0.5) is 0 Å². The van der Waals surface area contributed by atoms with E-state index in [0.29, 0.717) is 18.8 Å². The van der Waals surface area contributed by atoms with E-state index in [0.717, 1.165) is 13.0 Å². The monoisotopic (exact) mass is 229 g/mol. The summed E-state index contributed by atoms with van der Waals surface area (Å²) in [7, 11) is 1.72. The molecule has 0 radical (unpaired) electrons. The maximum atomic E-state index is 5.99. The van der Waals surface area contributed by atoms with Crippen LogP contribution in [-0.2, 0) is 9.47 Å². The molecule has 3 heteroatoms. The topological polar surface area (TPSA) is 30.5 Å². The highest BCUT2D eigenvalue weighted by atomic mass is 16.5. The van der Waals surface area contributed by atoms with Crippen molar-refractivity contribution in [3.63, 3.8) is 0 Å². The number of methoxy groups -OCH3 is 1. The highest BCUT2D eigenvalue weighted by molar-refractivity contribution is 5.02. The van der Waals surface area contributed by atoms with E-state index < -0.39 is 0 Å². The number of rotatable bonds is 7. The molecule has 0 heterocycles. The summed E-state index contributed by atoms with van der Waals surface area (Å²) in [5.41, 5.74) is 0.247. The Morgan fingerprint density at radius 3 is 2.62 bits per heavy atom. The van der Waals surface area contributed by atoms with Crippen LogP contribution in [0.25, 0.3) is 0 Å². The summed E-state index contributed by atoms with van der Waals surface area (Å²) in [5, 5.41) is 3.58. The molecular weight excluding hydrogens is 202 g/mol. The largest absolute Gasteiger partial charge is 0.382 e. The van der Waals surface area contributed by atoms with Gasteiger partial charge >= 0.3 is 0 Å². The van der Waals surface area contributed by atoms with Crippen LogP contribution in [0.5, 0.6) is 0 Å². The van der Waals surface area contributed by atoms with Gasteiger partial charge in [-0.15, -0.1) is 0 Å². The van der Waals surface area contributed by atoms with E-state index in [1.54, 1.807) is 7.11 Å². The molecule has 1 saturated carbocycles. The van der Waals surface area contributed by atoms with Gasteiger partial charge in [0.25, 0.3) is 0 Å². The first kappa shape index (κ1) is 13.9. The molecule has 0 aromatic rings. The second kappa shape index (κ2) is 5.99. The third-order valence-electron chi connectivity index (χ3n) is 3.62. The van der Waals surface area contributed by atoms with Crippen LogP contribution in [0.1, 0.15) is 40.5 Å². The SMILES string of the molecule is CCCNC1CC(OC(C)COC)C1(C)C. The van der Waals surface area contributed by atoms with E-state index >= 15 is 0 Å². The van der Waals surface area contributed by atoms with Gasteiger partial charge in [0.1, 0.15) is 0 Å². The fraction of sp³-hybridized carbons (Fsp3) is 1.00. The number of ether oxygens (including phenoxy) is 2. The molecule has 0 aromatic carbocycles. The van der Waals surface area contributed by atoms with Crippen LogP contribution in [0, 0.1) is 5.41 Å². The van der Waals surface area contributed by atoms with Gasteiger partial charge in [0, 0.05) is 18.6 Å². The molecule has 1 aliphatic carbocycles. The molecule has 0 aliphatic heterocycles. The minimum Gasteiger partial charge on any atom is -0.382 e. The van der Waals surface area contributed by atoms with Crippen LogP contribution in [0.15, 0.2) is 0 Å². The van der Waals surface area contributed by atoms with Crippen LogP contribution in [0.2, 0.25) is 0 Å². The average Bonchev–Trinajstić information content (AvgIpc) is 2.22. The Labute approximate surface area is 99.9 Å². The maximum absolute atomic E-state index is 5.99. The van der Waals surface area contributed by atoms with E-state index in [2.05, 4.69) is 33.0 Å². The van der Waals surface area contributed by atoms with E-state index in [1.165, 1.54) is 6.42 Å². The molecule has 3 unspecified atom stereocenters. The highest BCUT2D eigenvalue weighted by Gasteiger charge is 2.49. The Balaban J connectivity index is 2.32. The van der Waals surface area contributed by atoms with Crippen molar-refractivity contribution in [3.05, 3.63) is 0 Å². The molecule has 3 nitrogen and oxygen atoms in total. The lowest BCUT2D eigenvalue weighted by Gasteiger charge is -2.52. The van der Waals surface area contributed by atoms with Gasteiger partial charge in [-0.1, -0.05) is 20.8 Å². The molecule has 0 aromatic heterocycles. The molecule has 3 atom stereocenters. The quantitative estimate of drug-likeness (QED) is 0.726. The number of hydrogen-bond donors (Lipinski definition) is 1. The first-order chi connectivity index (χ1) is 7.52. The Bertz CT molecular complexity index is 206. The van der Waals surface area contributed by atoms with Crippen LogP contribution in [0.3, 0.4) is 0 Å². The standard InChI is InChI=1S/C13H27NO2/c1-6-7-14-11-8-12(13(11,3)4)16-10(2)9-15-5/h10-12,14H,6-9H2,1-5H3. The predicted molar refractivity (Wildman–Crippen MR) is 66.7 cm³/mol. The highest BCUT2D eigenvalue weighted by Crippen LogP contribution is 2.43. The van der Waals surface area contributed by atoms with Crippen molar-refractivity contribution in [2.24, 2.45) is 5.41 Å². The molecule has 0 bridgehead atoms. The summed E-state index contributed by atoms with van der Waals surface area (Å²) in [6, 6.07) is 0.604. The lowest BCUT2D eigenvalue weighted by molar-refractivity contribution is -0.153. The average molecular weight is 229 g/mol. The predicted octanol–water partition coefficient (Wildman–Crippen LogP) is 2.20. The third-order valence-corrected chi connectivity index (χ3v) is 3.62. The first-order valence-corrected chi connectivity index (χ1v) is 6.40. The van der Waals surface area contributed by atoms with E-state index in [4.69, 9.17) is 9.47 Å². The first-order valence-electron chi connectivity index (χ1n) is 6.40. The molecule has 0 spiro atoms. The van der Waals surface area contributed by atoms with Gasteiger partial charge in [0.05, 0.1) is 18.8 Å². The Morgan fingerprint density at radius 2 is 2.12 bits per heavy atom. The van der Waals surface area contributed by atoms with E-state index in [1.807, 2.05) is 0 Å². The second-order valence-electron chi connectivity index (χ2n) is 5.45. The van der Waals surface area contributed by atoms with Crippen LogP contribution in [-0.4, -0.2) is 38.5 Å². The fourth-order valence-corrected chi connectivity index (χ4v) is 2.34. The summed E-state index contributed by atoms with van der Waals surface area (Å²) in [5.74, 6) is 0. The molecule has 0 saturated heterocycles. The van der Waals surface area contributed by atoms with Gasteiger partial charge in [-0.2, -0.15) is 0 Å². The Morgan fingerprint density at radius 1 is 1.44 bits per heavy atom. The molecule has 1 rings (SSSR count). The number of nitrogens with one attached hydrogen (secondary N) is 1. The summed E-state index contributed by atoms with van der Waals surface area (Å²) in [6.45, 7) is 10.6.